The van der Waals surface area contributed by atoms with Crippen LogP contribution in [0.5, 0.6) is 0 Å². The molecule has 1 aromatic rings. The van der Waals surface area contributed by atoms with Gasteiger partial charge in [-0.05, 0) is 47.7 Å². The maximum atomic E-state index is 13.0. The molecule has 1 atom stereocenters. The number of allylic oxidation sites excluding steroid dienone is 1. The van der Waals surface area contributed by atoms with E-state index < -0.39 is 0 Å². The van der Waals surface area contributed by atoms with Crippen LogP contribution in [0.2, 0.25) is 0 Å². The Morgan fingerprint density at radius 3 is 2.88 bits per heavy atom. The van der Waals surface area contributed by atoms with Crippen molar-refractivity contribution >= 4 is 17.1 Å². The largest absolute Gasteiger partial charge is 0.511 e. The van der Waals surface area contributed by atoms with Crippen molar-refractivity contribution in [1.29, 1.82) is 0 Å². The van der Waals surface area contributed by atoms with E-state index in [1.54, 1.807) is 18.5 Å². The maximum Gasteiger partial charge on any atom is 0.172 e. The molecule has 0 fully saturated rings. The monoisotopic (exact) mass is 441 g/mol. The van der Waals surface area contributed by atoms with E-state index in [9.17, 15) is 15.0 Å². The van der Waals surface area contributed by atoms with Gasteiger partial charge in [0.05, 0.1) is 18.7 Å². The van der Waals surface area contributed by atoms with Crippen LogP contribution in [-0.4, -0.2) is 44.8 Å². The number of aromatic nitrogens is 2. The Hall–Kier alpha value is -3.71. The number of hydrogen-bond acceptors (Lipinski definition) is 6. The number of fused-ring (bicyclic) bond motifs is 5. The highest BCUT2D eigenvalue weighted by Gasteiger charge is 2.31. The van der Waals surface area contributed by atoms with Crippen LogP contribution in [0, 0.1) is 5.92 Å². The first kappa shape index (κ1) is 19.9. The number of aliphatic imine (C=N–C) groups is 1. The predicted molar refractivity (Wildman–Crippen MR) is 123 cm³/mol. The van der Waals surface area contributed by atoms with E-state index in [1.165, 1.54) is 6.26 Å². The number of aromatic amines is 1. The first-order valence-electron chi connectivity index (χ1n) is 11.2. The van der Waals surface area contributed by atoms with Crippen LogP contribution >= 0.6 is 0 Å². The van der Waals surface area contributed by atoms with Gasteiger partial charge >= 0.3 is 0 Å². The van der Waals surface area contributed by atoms with Crippen LogP contribution in [0.1, 0.15) is 51.3 Å². The molecule has 33 heavy (non-hydrogen) atoms. The number of nitrogens with zero attached hydrogens (tertiary/aromatic N) is 2. The Morgan fingerprint density at radius 1 is 1.09 bits per heavy atom. The summed E-state index contributed by atoms with van der Waals surface area (Å²) in [6.07, 6.45) is 8.79. The minimum atomic E-state index is -0.169. The predicted octanol–water partition coefficient (Wildman–Crippen LogP) is 4.04. The summed E-state index contributed by atoms with van der Waals surface area (Å²) in [7, 11) is 0. The zero-order valence-electron chi connectivity index (χ0n) is 18.0. The van der Waals surface area contributed by atoms with Gasteiger partial charge in [0.25, 0.3) is 0 Å². The summed E-state index contributed by atoms with van der Waals surface area (Å²) in [4.78, 5) is 25.5. The summed E-state index contributed by atoms with van der Waals surface area (Å²) in [6, 6.07) is 5.94. The molecule has 166 valence electrons. The van der Waals surface area contributed by atoms with Crippen molar-refractivity contribution in [1.82, 2.24) is 9.97 Å². The number of carbonyl (C=O) groups excluding carboxylic acids is 1. The first-order chi connectivity index (χ1) is 16.1. The summed E-state index contributed by atoms with van der Waals surface area (Å²) >= 11 is 0. The minimum Gasteiger partial charge on any atom is -0.511 e. The summed E-state index contributed by atoms with van der Waals surface area (Å²) < 4.78 is 5.76. The SMILES string of the molecule is O=C1CC(O)=C2c3cc4c(cc5cncc3-5)C(=NCCc3cc1c2[nH]cco3)[C@@H](CO)CC4. The van der Waals surface area contributed by atoms with Crippen LogP contribution in [0.4, 0.5) is 0 Å². The summed E-state index contributed by atoms with van der Waals surface area (Å²) in [5.41, 5.74) is 7.28. The number of ketones is 1. The van der Waals surface area contributed by atoms with E-state index in [-0.39, 0.29) is 30.5 Å². The molecule has 3 heterocycles. The van der Waals surface area contributed by atoms with Gasteiger partial charge in [0.1, 0.15) is 17.8 Å². The lowest BCUT2D eigenvalue weighted by Gasteiger charge is -2.25. The van der Waals surface area contributed by atoms with Crippen LogP contribution in [0.3, 0.4) is 0 Å². The van der Waals surface area contributed by atoms with E-state index in [0.717, 1.165) is 46.4 Å². The lowest BCUT2D eigenvalue weighted by atomic mass is 9.82. The number of carbonyl (C=O) groups is 1. The molecule has 1 aromatic heterocycles. The Labute approximate surface area is 190 Å². The van der Waals surface area contributed by atoms with Gasteiger partial charge in [-0.15, -0.1) is 0 Å². The van der Waals surface area contributed by atoms with Crippen LogP contribution < -0.4 is 0 Å². The Morgan fingerprint density at radius 2 is 2.00 bits per heavy atom. The van der Waals surface area contributed by atoms with Crippen LogP contribution in [0.15, 0.2) is 58.2 Å². The molecule has 0 saturated heterocycles. The third-order valence-corrected chi connectivity index (χ3v) is 6.79. The third-order valence-electron chi connectivity index (χ3n) is 6.79. The zero-order chi connectivity index (χ0) is 22.5. The van der Waals surface area contributed by atoms with Gasteiger partial charge in [-0.25, -0.2) is 0 Å². The molecule has 0 aromatic carbocycles. The van der Waals surface area contributed by atoms with Gasteiger partial charge < -0.3 is 19.6 Å². The van der Waals surface area contributed by atoms with E-state index in [4.69, 9.17) is 9.41 Å². The Balaban J connectivity index is 1.76. The van der Waals surface area contributed by atoms with Gasteiger partial charge in [0.15, 0.2) is 5.78 Å². The number of nitrogens with one attached hydrogen (secondary N) is 1. The van der Waals surface area contributed by atoms with Gasteiger partial charge in [-0.3, -0.25) is 14.8 Å². The van der Waals surface area contributed by atoms with E-state index in [1.807, 2.05) is 6.20 Å². The zero-order valence-corrected chi connectivity index (χ0v) is 18.0. The van der Waals surface area contributed by atoms with Gasteiger partial charge in [0, 0.05) is 65.4 Å². The lowest BCUT2D eigenvalue weighted by Crippen LogP contribution is -2.26. The number of aryl methyl sites for hydroxylation is 1. The highest BCUT2D eigenvalue weighted by molar-refractivity contribution is 6.09. The maximum absolute atomic E-state index is 13.0. The Bertz CT molecular complexity index is 1380. The van der Waals surface area contributed by atoms with Crippen molar-refractivity contribution in [3.63, 3.8) is 0 Å². The van der Waals surface area contributed by atoms with E-state index in [2.05, 4.69) is 22.1 Å². The topological polar surface area (TPSA) is 112 Å². The molecule has 0 unspecified atom stereocenters. The molecular weight excluding hydrogens is 418 g/mol. The van der Waals surface area contributed by atoms with E-state index >= 15 is 0 Å². The Kier molecular flexibility index (Phi) is 4.66. The van der Waals surface area contributed by atoms with Crippen molar-refractivity contribution < 1.29 is 19.4 Å². The second-order valence-corrected chi connectivity index (χ2v) is 8.74. The quantitative estimate of drug-likeness (QED) is 0.528. The smallest absolute Gasteiger partial charge is 0.172 e. The number of Topliss-reactive ketones (excluding diaryl/α,β-unsaturated/α-hetero) is 1. The summed E-state index contributed by atoms with van der Waals surface area (Å²) in [5.74, 6) is 0.451. The number of aliphatic hydroxyl groups excluding tert-OH is 2. The molecule has 0 saturated carbocycles. The molecule has 0 amide bonds. The molecule has 5 aliphatic rings. The second kappa shape index (κ2) is 7.71. The fourth-order valence-electron chi connectivity index (χ4n) is 5.18. The number of rotatable bonds is 1. The fraction of sp³-hybridized carbons (Fsp3) is 0.269. The third kappa shape index (κ3) is 3.19. The van der Waals surface area contributed by atoms with Gasteiger partial charge in [-0.1, -0.05) is 0 Å². The molecule has 2 aliphatic heterocycles. The number of aliphatic hydroxyl groups is 2. The standard InChI is InChI=1S/C26H23N3O4/c30-13-15-2-1-14-7-19-21-12-27-11-16(21)8-18(14)25(15)28-4-3-17-9-20-22(31)10-23(32)24(19)26(20)29-5-6-33-17/h5-9,11-12,15,29-30,32H,1-4,10,13H2/t15-/m1/s1. The highest BCUT2D eigenvalue weighted by atomic mass is 16.3. The number of H-pyrrole nitrogens is 1. The molecular formula is C26H23N3O4. The van der Waals surface area contributed by atoms with Gasteiger partial charge in [-0.2, -0.15) is 0 Å². The molecule has 0 spiro atoms. The van der Waals surface area contributed by atoms with Crippen LogP contribution in [0.25, 0.3) is 16.7 Å². The highest BCUT2D eigenvalue weighted by Crippen LogP contribution is 2.41. The normalized spacial score (nSPS) is 19.1. The molecule has 8 bridgehead atoms. The van der Waals surface area contributed by atoms with Crippen molar-refractivity contribution in [3.05, 3.63) is 82.5 Å². The summed E-state index contributed by atoms with van der Waals surface area (Å²) in [5, 5.41) is 21.1. The average Bonchev–Trinajstić information content (AvgIpc) is 3.18. The molecule has 3 aliphatic carbocycles. The minimum absolute atomic E-state index is 0.0337. The molecule has 0 radical (unpaired) electrons. The van der Waals surface area contributed by atoms with Crippen molar-refractivity contribution in [2.75, 3.05) is 13.2 Å². The average molecular weight is 441 g/mol. The van der Waals surface area contributed by atoms with Gasteiger partial charge in [0.2, 0.25) is 0 Å². The fourth-order valence-corrected chi connectivity index (χ4v) is 5.18. The number of hydrogen-bond donors (Lipinski definition) is 3. The lowest BCUT2D eigenvalue weighted by molar-refractivity contribution is 0.0977. The molecule has 6 rings (SSSR count). The van der Waals surface area contributed by atoms with Crippen molar-refractivity contribution in [2.24, 2.45) is 10.9 Å². The van der Waals surface area contributed by atoms with Crippen molar-refractivity contribution in [3.8, 4) is 11.1 Å². The summed E-state index contributed by atoms with van der Waals surface area (Å²) in [6.45, 7) is 0.505. The second-order valence-electron chi connectivity index (χ2n) is 8.74. The molecule has 7 heteroatoms. The van der Waals surface area contributed by atoms with Crippen LogP contribution in [-0.2, 0) is 12.8 Å². The van der Waals surface area contributed by atoms with Crippen molar-refractivity contribution in [2.45, 2.75) is 25.7 Å². The molecule has 7 nitrogen and oxygen atoms in total. The van der Waals surface area contributed by atoms with E-state index in [0.29, 0.717) is 35.6 Å². The molecule has 3 N–H and O–H groups in total. The first-order valence-corrected chi connectivity index (χ1v) is 11.2.